The Kier molecular flexibility index (Phi) is 6.30. The van der Waals surface area contributed by atoms with Gasteiger partial charge in [-0.2, -0.15) is 0 Å². The Hall–Kier alpha value is -1.86. The molecule has 0 amide bonds. The van der Waals surface area contributed by atoms with Crippen molar-refractivity contribution in [2.75, 3.05) is 22.9 Å². The molecule has 2 aliphatic heterocycles. The van der Waals surface area contributed by atoms with Gasteiger partial charge in [0.1, 0.15) is 0 Å². The molecule has 3 aromatic rings. The molecule has 2 aromatic heterocycles. The molecule has 166 valence electrons. The maximum atomic E-state index is 6.81. The summed E-state index contributed by atoms with van der Waals surface area (Å²) in [6, 6.07) is 16.1. The molecular weight excluding hydrogens is 479 g/mol. The van der Waals surface area contributed by atoms with Gasteiger partial charge in [0.25, 0.3) is 0 Å². The molecule has 1 N–H and O–H groups in total. The van der Waals surface area contributed by atoms with Crippen LogP contribution < -0.4 is 15.1 Å². The van der Waals surface area contributed by atoms with Gasteiger partial charge in [-0.3, -0.25) is 4.98 Å². The molecule has 2 aliphatic rings. The van der Waals surface area contributed by atoms with Crippen LogP contribution in [0.15, 0.2) is 54.7 Å². The minimum Gasteiger partial charge on any atom is -0.370 e. The van der Waals surface area contributed by atoms with Gasteiger partial charge in [-0.15, -0.1) is 11.3 Å². The van der Waals surface area contributed by atoms with E-state index in [1.807, 2.05) is 36.5 Å². The maximum Gasteiger partial charge on any atom is 0.174 e. The summed E-state index contributed by atoms with van der Waals surface area (Å²) in [6.45, 7) is 4.41. The van der Waals surface area contributed by atoms with Crippen molar-refractivity contribution in [3.05, 3.63) is 74.7 Å². The van der Waals surface area contributed by atoms with Crippen LogP contribution in [0.4, 0.5) is 11.4 Å². The topological polar surface area (TPSA) is 31.4 Å². The SMILES string of the molecule is CC1CCN(c2ccc(N3C(=S)NC(c4ccccn4)C3c3ccc(Cl)s3)cc2Cl)CC1. The number of anilines is 2. The molecule has 0 radical (unpaired) electrons. The summed E-state index contributed by atoms with van der Waals surface area (Å²) in [5, 5.41) is 4.90. The Morgan fingerprint density at radius 3 is 2.56 bits per heavy atom. The van der Waals surface area contributed by atoms with Crippen LogP contribution >= 0.6 is 46.8 Å². The molecule has 0 saturated carbocycles. The quantitative estimate of drug-likeness (QED) is 0.393. The molecule has 4 nitrogen and oxygen atoms in total. The predicted octanol–water partition coefficient (Wildman–Crippen LogP) is 6.86. The van der Waals surface area contributed by atoms with Crippen LogP contribution in [-0.2, 0) is 0 Å². The number of pyridine rings is 1. The number of nitrogens with zero attached hydrogens (tertiary/aromatic N) is 3. The molecule has 5 rings (SSSR count). The lowest BCUT2D eigenvalue weighted by atomic mass is 9.98. The number of benzene rings is 1. The normalized spacial score (nSPS) is 21.8. The number of hydrogen-bond acceptors (Lipinski definition) is 4. The number of hydrogen-bond donors (Lipinski definition) is 1. The van der Waals surface area contributed by atoms with Gasteiger partial charge in [0.2, 0.25) is 0 Å². The highest BCUT2D eigenvalue weighted by Crippen LogP contribution is 2.45. The first-order valence-electron chi connectivity index (χ1n) is 10.8. The summed E-state index contributed by atoms with van der Waals surface area (Å²) in [7, 11) is 0. The molecule has 1 aromatic carbocycles. The van der Waals surface area contributed by atoms with Gasteiger partial charge in [0.05, 0.1) is 32.8 Å². The van der Waals surface area contributed by atoms with Crippen molar-refractivity contribution in [1.82, 2.24) is 10.3 Å². The lowest BCUT2D eigenvalue weighted by Crippen LogP contribution is -2.33. The number of aromatic nitrogens is 1. The van der Waals surface area contributed by atoms with E-state index in [1.54, 1.807) is 11.3 Å². The first-order chi connectivity index (χ1) is 15.5. The zero-order valence-electron chi connectivity index (χ0n) is 17.7. The molecule has 0 aliphatic carbocycles. The molecule has 32 heavy (non-hydrogen) atoms. The highest BCUT2D eigenvalue weighted by Gasteiger charge is 2.41. The van der Waals surface area contributed by atoms with Crippen molar-refractivity contribution in [2.24, 2.45) is 5.92 Å². The van der Waals surface area contributed by atoms with Crippen LogP contribution in [-0.4, -0.2) is 23.2 Å². The van der Waals surface area contributed by atoms with Crippen LogP contribution in [0.5, 0.6) is 0 Å². The van der Waals surface area contributed by atoms with Crippen LogP contribution in [0.25, 0.3) is 0 Å². The highest BCUT2D eigenvalue weighted by molar-refractivity contribution is 7.80. The Morgan fingerprint density at radius 2 is 1.91 bits per heavy atom. The van der Waals surface area contributed by atoms with E-state index in [1.165, 1.54) is 12.8 Å². The smallest absolute Gasteiger partial charge is 0.174 e. The molecule has 2 fully saturated rings. The Morgan fingerprint density at radius 1 is 1.09 bits per heavy atom. The molecule has 0 spiro atoms. The molecule has 0 bridgehead atoms. The van der Waals surface area contributed by atoms with Gasteiger partial charge in [-0.1, -0.05) is 36.2 Å². The zero-order chi connectivity index (χ0) is 22.2. The predicted molar refractivity (Wildman–Crippen MR) is 139 cm³/mol. The van der Waals surface area contributed by atoms with Gasteiger partial charge in [-0.25, -0.2) is 0 Å². The van der Waals surface area contributed by atoms with Crippen molar-refractivity contribution in [3.63, 3.8) is 0 Å². The monoisotopic (exact) mass is 502 g/mol. The summed E-state index contributed by atoms with van der Waals surface area (Å²) in [5.41, 5.74) is 3.00. The van der Waals surface area contributed by atoms with E-state index in [9.17, 15) is 0 Å². The number of nitrogens with one attached hydrogen (secondary N) is 1. The third kappa shape index (κ3) is 4.21. The summed E-state index contributed by atoms with van der Waals surface area (Å²) in [5.74, 6) is 0.777. The summed E-state index contributed by atoms with van der Waals surface area (Å²) >= 11 is 20.5. The fourth-order valence-electron chi connectivity index (χ4n) is 4.56. The highest BCUT2D eigenvalue weighted by atomic mass is 35.5. The summed E-state index contributed by atoms with van der Waals surface area (Å²) < 4.78 is 0.755. The first-order valence-corrected chi connectivity index (χ1v) is 12.8. The zero-order valence-corrected chi connectivity index (χ0v) is 20.8. The van der Waals surface area contributed by atoms with Crippen molar-refractivity contribution >= 4 is 63.2 Å². The third-order valence-corrected chi connectivity index (χ3v) is 8.24. The first kappa shape index (κ1) is 22.0. The van der Waals surface area contributed by atoms with Crippen molar-refractivity contribution in [3.8, 4) is 0 Å². The van der Waals surface area contributed by atoms with E-state index in [0.717, 1.165) is 50.3 Å². The Labute approximate surface area is 208 Å². The number of thiocarbonyl (C=S) groups is 1. The maximum absolute atomic E-state index is 6.81. The number of halogens is 2. The summed E-state index contributed by atoms with van der Waals surface area (Å²) in [4.78, 5) is 10.3. The average Bonchev–Trinajstić information content (AvgIpc) is 3.38. The van der Waals surface area contributed by atoms with Crippen LogP contribution in [0, 0.1) is 5.92 Å². The molecule has 4 heterocycles. The van der Waals surface area contributed by atoms with Crippen LogP contribution in [0.2, 0.25) is 9.36 Å². The van der Waals surface area contributed by atoms with Crippen molar-refractivity contribution < 1.29 is 0 Å². The molecule has 2 saturated heterocycles. The van der Waals surface area contributed by atoms with E-state index >= 15 is 0 Å². The number of rotatable bonds is 4. The Balaban J connectivity index is 1.51. The van der Waals surface area contributed by atoms with Crippen LogP contribution in [0.3, 0.4) is 0 Å². The van der Waals surface area contributed by atoms with E-state index in [0.29, 0.717) is 5.11 Å². The molecule has 8 heteroatoms. The largest absolute Gasteiger partial charge is 0.370 e. The minimum absolute atomic E-state index is 0.0624. The molecule has 2 atom stereocenters. The van der Waals surface area contributed by atoms with E-state index in [4.69, 9.17) is 35.4 Å². The van der Waals surface area contributed by atoms with E-state index < -0.39 is 0 Å². The van der Waals surface area contributed by atoms with Crippen molar-refractivity contribution in [1.29, 1.82) is 0 Å². The van der Waals surface area contributed by atoms with Crippen LogP contribution in [0.1, 0.15) is 42.4 Å². The number of thiophene rings is 1. The van der Waals surface area contributed by atoms with Gasteiger partial charge in [0, 0.05) is 29.9 Å². The lowest BCUT2D eigenvalue weighted by molar-refractivity contribution is 0.438. The molecular formula is C24H24Cl2N4S2. The van der Waals surface area contributed by atoms with E-state index in [-0.39, 0.29) is 12.1 Å². The third-order valence-electron chi connectivity index (χ3n) is 6.32. The van der Waals surface area contributed by atoms with E-state index in [2.05, 4.69) is 45.2 Å². The van der Waals surface area contributed by atoms with Gasteiger partial charge in [-0.05, 0) is 73.4 Å². The molecule has 2 unspecified atom stereocenters. The fourth-order valence-corrected chi connectivity index (χ4v) is 6.39. The lowest BCUT2D eigenvalue weighted by Gasteiger charge is -2.33. The van der Waals surface area contributed by atoms with Gasteiger partial charge in [0.15, 0.2) is 5.11 Å². The average molecular weight is 504 g/mol. The van der Waals surface area contributed by atoms with Gasteiger partial charge < -0.3 is 15.1 Å². The second-order valence-electron chi connectivity index (χ2n) is 8.44. The summed E-state index contributed by atoms with van der Waals surface area (Å²) in [6.07, 6.45) is 4.21. The Bertz CT molecular complexity index is 1110. The fraction of sp³-hybridized carbons (Fsp3) is 0.333. The number of piperidine rings is 1. The van der Waals surface area contributed by atoms with Crippen molar-refractivity contribution in [2.45, 2.75) is 31.8 Å². The second-order valence-corrected chi connectivity index (χ2v) is 11.0. The standard InChI is InChI=1S/C24H24Cl2N4S2/c1-15-9-12-29(13-10-15)19-6-5-16(14-17(19)25)30-23(20-7-8-21(26)32-20)22(28-24(30)31)18-4-2-3-11-27-18/h2-8,11,14-15,22-23H,9-10,12-13H2,1H3,(H,28,31). The second kappa shape index (κ2) is 9.18. The van der Waals surface area contributed by atoms with Gasteiger partial charge >= 0.3 is 0 Å². The minimum atomic E-state index is -0.0829.